The number of hydrogen-bond donors (Lipinski definition) is 1. The van der Waals surface area contributed by atoms with E-state index in [0.29, 0.717) is 17.1 Å². The normalized spacial score (nSPS) is 22.4. The lowest BCUT2D eigenvalue weighted by molar-refractivity contribution is -0.534. The number of halogens is 3. The van der Waals surface area contributed by atoms with E-state index < -0.39 is 12.3 Å². The molecule has 0 bridgehead atoms. The molecule has 2 aromatic carbocycles. The van der Waals surface area contributed by atoms with Crippen molar-refractivity contribution in [3.8, 4) is 5.75 Å². The number of benzene rings is 2. The first-order valence-electron chi connectivity index (χ1n) is 9.42. The Bertz CT molecular complexity index is 871. The highest BCUT2D eigenvalue weighted by Gasteiger charge is 2.54. The molecule has 2 aromatic rings. The van der Waals surface area contributed by atoms with Crippen molar-refractivity contribution in [3.05, 3.63) is 59.1 Å². The molecular weight excluding hydrogens is 386 g/mol. The van der Waals surface area contributed by atoms with E-state index in [1.807, 2.05) is 17.0 Å². The zero-order chi connectivity index (χ0) is 19.7. The monoisotopic (exact) mass is 407 g/mol. The third-order valence-electron chi connectivity index (χ3n) is 5.36. The van der Waals surface area contributed by atoms with Crippen molar-refractivity contribution in [2.24, 2.45) is 0 Å². The summed E-state index contributed by atoms with van der Waals surface area (Å²) in [6.07, 6.45) is 4.17. The number of rotatable bonds is 4. The number of hydrogen-bond acceptors (Lipinski definition) is 3. The predicted octanol–water partition coefficient (Wildman–Crippen LogP) is 4.59. The van der Waals surface area contributed by atoms with Crippen LogP contribution in [0.25, 0.3) is 0 Å². The molecule has 1 N–H and O–H groups in total. The van der Waals surface area contributed by atoms with Crippen molar-refractivity contribution >= 4 is 23.1 Å². The molecule has 28 heavy (non-hydrogen) atoms. The second-order valence-corrected chi connectivity index (χ2v) is 7.62. The number of alkyl halides is 2. The number of anilines is 1. The summed E-state index contributed by atoms with van der Waals surface area (Å²) in [7, 11) is 0. The van der Waals surface area contributed by atoms with Crippen LogP contribution in [0.1, 0.15) is 31.2 Å². The molecule has 4 rings (SSSR count). The molecule has 0 aliphatic carbocycles. The Morgan fingerprint density at radius 2 is 1.75 bits per heavy atom. The summed E-state index contributed by atoms with van der Waals surface area (Å²) in [4.78, 5) is 1.96. The van der Waals surface area contributed by atoms with Crippen LogP contribution in [0.4, 0.5) is 14.5 Å². The molecule has 1 atom stereocenters. The van der Waals surface area contributed by atoms with Gasteiger partial charge in [-0.2, -0.15) is 13.7 Å². The average Bonchev–Trinajstić information content (AvgIpc) is 2.79. The third kappa shape index (κ3) is 3.59. The van der Waals surface area contributed by atoms with Gasteiger partial charge in [0.15, 0.2) is 6.54 Å². The van der Waals surface area contributed by atoms with Gasteiger partial charge in [-0.1, -0.05) is 11.6 Å². The number of ether oxygens (including phenoxy) is 1. The Hall–Kier alpha value is -2.18. The van der Waals surface area contributed by atoms with Crippen LogP contribution in [0.5, 0.6) is 5.75 Å². The summed E-state index contributed by atoms with van der Waals surface area (Å²) in [6, 6.07) is 13.6. The fraction of sp³-hybridized carbons (Fsp3) is 0.381. The summed E-state index contributed by atoms with van der Waals surface area (Å²) >= 11 is 6.06. The van der Waals surface area contributed by atoms with Crippen molar-refractivity contribution in [3.63, 3.8) is 0 Å². The van der Waals surface area contributed by atoms with Crippen LogP contribution in [0.15, 0.2) is 48.5 Å². The third-order valence-corrected chi connectivity index (χ3v) is 5.61. The van der Waals surface area contributed by atoms with Crippen LogP contribution >= 0.6 is 11.6 Å². The maximum atomic E-state index is 12.5. The molecule has 7 heteroatoms. The maximum absolute atomic E-state index is 12.5. The minimum absolute atomic E-state index is 0.0700. The molecule has 2 heterocycles. The Balaban J connectivity index is 1.74. The highest BCUT2D eigenvalue weighted by Crippen LogP contribution is 2.38. The molecule has 0 saturated heterocycles. The fourth-order valence-corrected chi connectivity index (χ4v) is 4.23. The fourth-order valence-electron chi connectivity index (χ4n) is 4.10. The topological polar surface area (TPSA) is 35.7 Å². The standard InChI is InChI=1S/C21H22ClF2N2O2/c22-16-7-9-17(10-8-16)26-19-4-2-1-3-13-25(19)14-21(26,27)15-5-11-18(12-6-15)28-20(23)24/h5-12,20,27H,1-4,13-14H2/q+1. The first-order valence-corrected chi connectivity index (χ1v) is 9.79. The van der Waals surface area contributed by atoms with E-state index in [1.54, 1.807) is 24.3 Å². The summed E-state index contributed by atoms with van der Waals surface area (Å²) in [5, 5.41) is 12.4. The van der Waals surface area contributed by atoms with Gasteiger partial charge in [-0.15, -0.1) is 0 Å². The van der Waals surface area contributed by atoms with Gasteiger partial charge in [0.25, 0.3) is 11.6 Å². The van der Waals surface area contributed by atoms with Gasteiger partial charge in [-0.3, -0.25) is 4.58 Å². The van der Waals surface area contributed by atoms with Gasteiger partial charge in [0.2, 0.25) is 0 Å². The Morgan fingerprint density at radius 1 is 1.04 bits per heavy atom. The molecule has 0 amide bonds. The van der Waals surface area contributed by atoms with Crippen molar-refractivity contribution in [1.82, 2.24) is 0 Å². The molecule has 0 saturated carbocycles. The molecule has 148 valence electrons. The predicted molar refractivity (Wildman–Crippen MR) is 104 cm³/mol. The van der Waals surface area contributed by atoms with Crippen LogP contribution in [0.3, 0.4) is 0 Å². The number of aliphatic hydroxyl groups is 1. The average molecular weight is 408 g/mol. The minimum Gasteiger partial charge on any atom is -0.435 e. The molecule has 0 spiro atoms. The van der Waals surface area contributed by atoms with Crippen LogP contribution in [-0.4, -0.2) is 35.2 Å². The van der Waals surface area contributed by atoms with Crippen LogP contribution < -0.4 is 9.64 Å². The zero-order valence-electron chi connectivity index (χ0n) is 15.3. The van der Waals surface area contributed by atoms with Gasteiger partial charge in [0.05, 0.1) is 6.54 Å². The molecule has 0 fully saturated rings. The van der Waals surface area contributed by atoms with Gasteiger partial charge < -0.3 is 9.84 Å². The van der Waals surface area contributed by atoms with Gasteiger partial charge in [-0.25, -0.2) is 0 Å². The highest BCUT2D eigenvalue weighted by molar-refractivity contribution is 6.30. The van der Waals surface area contributed by atoms with Crippen LogP contribution in [0.2, 0.25) is 5.02 Å². The maximum Gasteiger partial charge on any atom is 0.387 e. The summed E-state index contributed by atoms with van der Waals surface area (Å²) in [6.45, 7) is -1.58. The number of amidine groups is 1. The largest absolute Gasteiger partial charge is 0.435 e. The van der Waals surface area contributed by atoms with E-state index >= 15 is 0 Å². The first kappa shape index (κ1) is 19.2. The molecule has 1 unspecified atom stereocenters. The van der Waals surface area contributed by atoms with Crippen LogP contribution in [0, 0.1) is 0 Å². The summed E-state index contributed by atoms with van der Waals surface area (Å²) < 4.78 is 31.6. The molecule has 0 radical (unpaired) electrons. The van der Waals surface area contributed by atoms with E-state index in [4.69, 9.17) is 11.6 Å². The lowest BCUT2D eigenvalue weighted by atomic mass is 9.99. The van der Waals surface area contributed by atoms with E-state index in [9.17, 15) is 13.9 Å². The minimum atomic E-state index is -2.88. The van der Waals surface area contributed by atoms with Gasteiger partial charge >= 0.3 is 6.61 Å². The second kappa shape index (κ2) is 7.68. The number of nitrogens with zero attached hydrogens (tertiary/aromatic N) is 2. The van der Waals surface area contributed by atoms with Crippen LogP contribution in [-0.2, 0) is 5.72 Å². The van der Waals surface area contributed by atoms with Crippen molar-refractivity contribution < 1.29 is 23.2 Å². The Kier molecular flexibility index (Phi) is 5.25. The lowest BCUT2D eigenvalue weighted by Gasteiger charge is -2.29. The Morgan fingerprint density at radius 3 is 2.43 bits per heavy atom. The lowest BCUT2D eigenvalue weighted by Crippen LogP contribution is -2.47. The summed E-state index contributed by atoms with van der Waals surface area (Å²) in [5.74, 6) is 1.15. The first-order chi connectivity index (χ1) is 13.5. The van der Waals surface area contributed by atoms with Gasteiger partial charge in [-0.05, 0) is 67.8 Å². The molecular formula is C21H22ClF2N2O2+. The van der Waals surface area contributed by atoms with E-state index in [2.05, 4.69) is 9.31 Å². The van der Waals surface area contributed by atoms with Gasteiger partial charge in [0.1, 0.15) is 11.4 Å². The molecule has 4 nitrogen and oxygen atoms in total. The van der Waals surface area contributed by atoms with E-state index in [0.717, 1.165) is 43.8 Å². The van der Waals surface area contributed by atoms with Crippen molar-refractivity contribution in [2.45, 2.75) is 38.0 Å². The highest BCUT2D eigenvalue weighted by atomic mass is 35.5. The molecule has 2 aliphatic heterocycles. The van der Waals surface area contributed by atoms with Crippen molar-refractivity contribution in [2.75, 3.05) is 18.0 Å². The second-order valence-electron chi connectivity index (χ2n) is 7.18. The van der Waals surface area contributed by atoms with E-state index in [1.165, 1.54) is 12.1 Å². The smallest absolute Gasteiger partial charge is 0.387 e. The quantitative estimate of drug-likeness (QED) is 0.753. The summed E-state index contributed by atoms with van der Waals surface area (Å²) in [5.41, 5.74) is 0.174. The SMILES string of the molecule is OC1(c2ccc(OC(F)F)cc2)C[N+]2=C(CCCCC2)N1c1ccc(Cl)cc1. The molecule has 0 aromatic heterocycles. The Labute approximate surface area is 167 Å². The molecule has 2 aliphatic rings. The van der Waals surface area contributed by atoms with Gasteiger partial charge in [0, 0.05) is 17.0 Å². The van der Waals surface area contributed by atoms with Crippen molar-refractivity contribution in [1.29, 1.82) is 0 Å². The zero-order valence-corrected chi connectivity index (χ0v) is 16.1. The van der Waals surface area contributed by atoms with E-state index in [-0.39, 0.29) is 5.75 Å².